The summed E-state index contributed by atoms with van der Waals surface area (Å²) in [5.74, 6) is 0. The molecule has 1 aliphatic heterocycles. The largest absolute Gasteiger partial charge is 0.373 e. The molecule has 2 aliphatic rings. The van der Waals surface area contributed by atoms with Crippen molar-refractivity contribution in [1.82, 2.24) is 14.9 Å². The molecule has 2 fully saturated rings. The standard InChI is InChI=1S/C19H23N3O2/c1-2-8-21-16(3-1)13-22-11-12-23-19-17(22)4-5-18(19)24-14-15-6-9-20-10-7-15/h1-3,6-10,17-19H,4-5,11-14H2/t17-,18-,19-/m0/s1. The van der Waals surface area contributed by atoms with E-state index in [4.69, 9.17) is 9.47 Å². The maximum atomic E-state index is 6.16. The molecule has 0 radical (unpaired) electrons. The predicted molar refractivity (Wildman–Crippen MR) is 90.2 cm³/mol. The smallest absolute Gasteiger partial charge is 0.0992 e. The lowest BCUT2D eigenvalue weighted by molar-refractivity contribution is -0.118. The van der Waals surface area contributed by atoms with E-state index in [0.29, 0.717) is 12.6 Å². The zero-order valence-electron chi connectivity index (χ0n) is 13.8. The van der Waals surface area contributed by atoms with E-state index in [1.807, 2.05) is 36.8 Å². The average molecular weight is 325 g/mol. The second-order valence-electron chi connectivity index (χ2n) is 6.48. The number of fused-ring (bicyclic) bond motifs is 1. The highest BCUT2D eigenvalue weighted by Crippen LogP contribution is 2.33. The van der Waals surface area contributed by atoms with E-state index < -0.39 is 0 Å². The van der Waals surface area contributed by atoms with Crippen LogP contribution in [0.15, 0.2) is 48.9 Å². The molecule has 0 aromatic carbocycles. The van der Waals surface area contributed by atoms with Gasteiger partial charge in [0.05, 0.1) is 31.1 Å². The van der Waals surface area contributed by atoms with Gasteiger partial charge in [-0.2, -0.15) is 0 Å². The van der Waals surface area contributed by atoms with Crippen molar-refractivity contribution < 1.29 is 9.47 Å². The van der Waals surface area contributed by atoms with E-state index in [2.05, 4.69) is 27.0 Å². The molecule has 1 aliphatic carbocycles. The normalized spacial score (nSPS) is 27.1. The Morgan fingerprint density at radius 1 is 1.12 bits per heavy atom. The number of ether oxygens (including phenoxy) is 2. The van der Waals surface area contributed by atoms with Crippen LogP contribution in [0.5, 0.6) is 0 Å². The molecule has 2 aromatic rings. The fourth-order valence-corrected chi connectivity index (χ4v) is 3.75. The third-order valence-corrected chi connectivity index (χ3v) is 4.96. The van der Waals surface area contributed by atoms with Gasteiger partial charge in [0.25, 0.3) is 0 Å². The molecule has 5 heteroatoms. The number of aromatic nitrogens is 2. The second-order valence-corrected chi connectivity index (χ2v) is 6.48. The van der Waals surface area contributed by atoms with Crippen LogP contribution in [-0.4, -0.2) is 46.3 Å². The quantitative estimate of drug-likeness (QED) is 0.845. The van der Waals surface area contributed by atoms with E-state index >= 15 is 0 Å². The molecular weight excluding hydrogens is 302 g/mol. The summed E-state index contributed by atoms with van der Waals surface area (Å²) < 4.78 is 12.2. The summed E-state index contributed by atoms with van der Waals surface area (Å²) in [6.07, 6.45) is 8.00. The van der Waals surface area contributed by atoms with Gasteiger partial charge in [0.2, 0.25) is 0 Å². The van der Waals surface area contributed by atoms with Crippen molar-refractivity contribution in [2.75, 3.05) is 13.2 Å². The topological polar surface area (TPSA) is 47.5 Å². The van der Waals surface area contributed by atoms with Gasteiger partial charge in [-0.3, -0.25) is 14.9 Å². The first-order valence-electron chi connectivity index (χ1n) is 8.66. The highest BCUT2D eigenvalue weighted by atomic mass is 16.5. The van der Waals surface area contributed by atoms with Gasteiger partial charge in [0, 0.05) is 37.7 Å². The van der Waals surface area contributed by atoms with Crippen LogP contribution in [0.1, 0.15) is 24.1 Å². The van der Waals surface area contributed by atoms with E-state index in [0.717, 1.165) is 43.8 Å². The predicted octanol–water partition coefficient (Wildman–Crippen LogP) is 2.43. The number of hydrogen-bond donors (Lipinski definition) is 0. The van der Waals surface area contributed by atoms with Crippen molar-refractivity contribution in [3.05, 3.63) is 60.2 Å². The first-order chi connectivity index (χ1) is 11.9. The monoisotopic (exact) mass is 325 g/mol. The fraction of sp³-hybridized carbons (Fsp3) is 0.474. The van der Waals surface area contributed by atoms with Crippen molar-refractivity contribution in [3.8, 4) is 0 Å². The van der Waals surface area contributed by atoms with Gasteiger partial charge in [-0.25, -0.2) is 0 Å². The van der Waals surface area contributed by atoms with Crippen LogP contribution in [0.3, 0.4) is 0 Å². The van der Waals surface area contributed by atoms with Crippen molar-refractivity contribution in [2.45, 2.75) is 44.2 Å². The Bertz CT molecular complexity index is 638. The minimum Gasteiger partial charge on any atom is -0.373 e. The Balaban J connectivity index is 1.37. The summed E-state index contributed by atoms with van der Waals surface area (Å²) in [4.78, 5) is 11.0. The number of rotatable bonds is 5. The molecule has 0 amide bonds. The van der Waals surface area contributed by atoms with Crippen LogP contribution in [0, 0.1) is 0 Å². The Labute approximate surface area is 142 Å². The van der Waals surface area contributed by atoms with E-state index in [1.54, 1.807) is 0 Å². The summed E-state index contributed by atoms with van der Waals surface area (Å²) >= 11 is 0. The lowest BCUT2D eigenvalue weighted by atomic mass is 10.1. The van der Waals surface area contributed by atoms with Crippen molar-refractivity contribution in [1.29, 1.82) is 0 Å². The number of hydrogen-bond acceptors (Lipinski definition) is 5. The molecule has 2 aromatic heterocycles. The number of morpholine rings is 1. The minimum atomic E-state index is 0.171. The molecule has 4 rings (SSSR count). The van der Waals surface area contributed by atoms with Gasteiger partial charge in [-0.05, 0) is 42.7 Å². The SMILES string of the molecule is c1ccc(CN2CCO[C@@H]3[C@@H](OCc4ccncc4)CC[C@@H]32)nc1. The molecule has 1 saturated heterocycles. The molecular formula is C19H23N3O2. The van der Waals surface area contributed by atoms with E-state index in [9.17, 15) is 0 Å². The fourth-order valence-electron chi connectivity index (χ4n) is 3.75. The zero-order chi connectivity index (χ0) is 16.2. The summed E-state index contributed by atoms with van der Waals surface area (Å²) in [5.41, 5.74) is 2.29. The molecule has 0 unspecified atom stereocenters. The van der Waals surface area contributed by atoms with Gasteiger partial charge in [0.15, 0.2) is 0 Å². The van der Waals surface area contributed by atoms with Gasteiger partial charge < -0.3 is 9.47 Å². The van der Waals surface area contributed by atoms with Crippen LogP contribution in [0.2, 0.25) is 0 Å². The van der Waals surface area contributed by atoms with Crippen molar-refractivity contribution in [2.24, 2.45) is 0 Å². The molecule has 24 heavy (non-hydrogen) atoms. The third kappa shape index (κ3) is 3.48. The van der Waals surface area contributed by atoms with Crippen LogP contribution in [-0.2, 0) is 22.6 Å². The summed E-state index contributed by atoms with van der Waals surface area (Å²) in [5, 5.41) is 0. The Morgan fingerprint density at radius 2 is 2.04 bits per heavy atom. The first kappa shape index (κ1) is 15.7. The summed E-state index contributed by atoms with van der Waals surface area (Å²) in [7, 11) is 0. The maximum Gasteiger partial charge on any atom is 0.0992 e. The minimum absolute atomic E-state index is 0.171. The lowest BCUT2D eigenvalue weighted by Gasteiger charge is -2.38. The van der Waals surface area contributed by atoms with Gasteiger partial charge >= 0.3 is 0 Å². The Morgan fingerprint density at radius 3 is 2.88 bits per heavy atom. The van der Waals surface area contributed by atoms with Crippen LogP contribution in [0.25, 0.3) is 0 Å². The average Bonchev–Trinajstić information content (AvgIpc) is 3.06. The van der Waals surface area contributed by atoms with Crippen LogP contribution < -0.4 is 0 Å². The van der Waals surface area contributed by atoms with Crippen molar-refractivity contribution >= 4 is 0 Å². The molecule has 3 heterocycles. The molecule has 5 nitrogen and oxygen atoms in total. The third-order valence-electron chi connectivity index (χ3n) is 4.96. The highest BCUT2D eigenvalue weighted by Gasteiger charge is 2.43. The first-order valence-corrected chi connectivity index (χ1v) is 8.66. The van der Waals surface area contributed by atoms with Crippen molar-refractivity contribution in [3.63, 3.8) is 0 Å². The number of nitrogens with zero attached hydrogens (tertiary/aromatic N) is 3. The number of pyridine rings is 2. The van der Waals surface area contributed by atoms with Crippen LogP contribution in [0.4, 0.5) is 0 Å². The van der Waals surface area contributed by atoms with E-state index in [-0.39, 0.29) is 12.2 Å². The van der Waals surface area contributed by atoms with Gasteiger partial charge in [-0.15, -0.1) is 0 Å². The lowest BCUT2D eigenvalue weighted by Crippen LogP contribution is -2.51. The van der Waals surface area contributed by atoms with Crippen LogP contribution >= 0.6 is 0 Å². The van der Waals surface area contributed by atoms with Gasteiger partial charge in [0.1, 0.15) is 0 Å². The molecule has 0 spiro atoms. The molecule has 1 saturated carbocycles. The van der Waals surface area contributed by atoms with E-state index in [1.165, 1.54) is 0 Å². The molecule has 3 atom stereocenters. The highest BCUT2D eigenvalue weighted by molar-refractivity contribution is 5.09. The Kier molecular flexibility index (Phi) is 4.83. The molecule has 0 bridgehead atoms. The summed E-state index contributed by atoms with van der Waals surface area (Å²) in [6.45, 7) is 3.25. The zero-order valence-corrected chi connectivity index (χ0v) is 13.8. The van der Waals surface area contributed by atoms with Gasteiger partial charge in [-0.1, -0.05) is 6.07 Å². The second kappa shape index (κ2) is 7.38. The molecule has 0 N–H and O–H groups in total. The molecule has 126 valence electrons. The summed E-state index contributed by atoms with van der Waals surface area (Å²) in [6, 6.07) is 10.5. The maximum absolute atomic E-state index is 6.16. The Hall–Kier alpha value is -1.82.